The van der Waals surface area contributed by atoms with Gasteiger partial charge in [-0.15, -0.1) is 0 Å². The minimum atomic E-state index is -0.503. The number of nitrogens with one attached hydrogen (secondary N) is 1. The Bertz CT molecular complexity index is 901. The number of ether oxygens (including phenoxy) is 1. The third-order valence-electron chi connectivity index (χ3n) is 3.54. The minimum Gasteiger partial charge on any atom is -0.444 e. The summed E-state index contributed by atoms with van der Waals surface area (Å²) < 4.78 is 6.68. The van der Waals surface area contributed by atoms with E-state index in [1.54, 1.807) is 24.5 Å². The molecule has 26 heavy (non-hydrogen) atoms. The van der Waals surface area contributed by atoms with E-state index in [-0.39, 0.29) is 6.61 Å². The lowest BCUT2D eigenvalue weighted by Crippen LogP contribution is -2.13. The van der Waals surface area contributed by atoms with Gasteiger partial charge in [-0.05, 0) is 30.2 Å². The first-order chi connectivity index (χ1) is 12.6. The van der Waals surface area contributed by atoms with E-state index in [2.05, 4.69) is 15.4 Å². The van der Waals surface area contributed by atoms with Crippen molar-refractivity contribution in [2.24, 2.45) is 5.10 Å². The summed E-state index contributed by atoms with van der Waals surface area (Å²) in [4.78, 5) is 15.9. The van der Waals surface area contributed by atoms with Crippen LogP contribution in [-0.4, -0.2) is 22.0 Å². The van der Waals surface area contributed by atoms with Gasteiger partial charge in [0.15, 0.2) is 0 Å². The summed E-state index contributed by atoms with van der Waals surface area (Å²) in [6, 6.07) is 16.7. The number of nitrogens with zero attached hydrogens (tertiary/aromatic N) is 3. The number of aryl methyl sites for hydroxylation is 1. The predicted octanol–water partition coefficient (Wildman–Crippen LogP) is 3.40. The number of benzene rings is 2. The summed E-state index contributed by atoms with van der Waals surface area (Å²) in [6.45, 7) is 2.07. The summed E-state index contributed by atoms with van der Waals surface area (Å²) in [5.41, 5.74) is 8.96. The highest BCUT2D eigenvalue weighted by atomic mass is 16.5. The maximum absolute atomic E-state index is 11.8. The quantitative estimate of drug-likeness (QED) is 0.690. The van der Waals surface area contributed by atoms with Crippen LogP contribution in [0.3, 0.4) is 0 Å². The summed E-state index contributed by atoms with van der Waals surface area (Å²) in [6.07, 6.45) is 2.90. The molecule has 0 aliphatic carbocycles. The molecule has 7 heteroatoms. The van der Waals surface area contributed by atoms with E-state index in [1.807, 2.05) is 49.4 Å². The van der Waals surface area contributed by atoms with Gasteiger partial charge in [-0.25, -0.2) is 14.5 Å². The molecule has 0 fully saturated rings. The van der Waals surface area contributed by atoms with Crippen molar-refractivity contribution in [3.05, 3.63) is 77.6 Å². The van der Waals surface area contributed by atoms with Gasteiger partial charge in [-0.2, -0.15) is 5.10 Å². The van der Waals surface area contributed by atoms with Gasteiger partial charge in [-0.3, -0.25) is 5.32 Å². The van der Waals surface area contributed by atoms with Gasteiger partial charge >= 0.3 is 6.09 Å². The van der Waals surface area contributed by atoms with E-state index < -0.39 is 6.09 Å². The normalized spacial score (nSPS) is 10.8. The topological polar surface area (TPSA) is 94.5 Å². The number of carbonyl (C=O) groups excluding carboxylic acids is 1. The van der Waals surface area contributed by atoms with Crippen LogP contribution in [0.1, 0.15) is 16.8 Å². The molecule has 2 aromatic carbocycles. The zero-order chi connectivity index (χ0) is 18.4. The van der Waals surface area contributed by atoms with Crippen LogP contribution in [0.15, 0.2) is 65.9 Å². The number of nitrogen functional groups attached to an aromatic ring is 1. The first-order valence-corrected chi connectivity index (χ1v) is 8.04. The molecule has 0 spiro atoms. The van der Waals surface area contributed by atoms with Crippen LogP contribution in [0.4, 0.5) is 16.4 Å². The molecule has 0 aliphatic rings. The van der Waals surface area contributed by atoms with Gasteiger partial charge in [0.1, 0.15) is 6.61 Å². The number of hydrogen-bond acceptors (Lipinski definition) is 5. The summed E-state index contributed by atoms with van der Waals surface area (Å²) in [7, 11) is 0. The molecule has 0 saturated heterocycles. The van der Waals surface area contributed by atoms with Crippen molar-refractivity contribution in [3.63, 3.8) is 0 Å². The fraction of sp³-hybridized carbons (Fsp3) is 0.105. The van der Waals surface area contributed by atoms with Crippen molar-refractivity contribution in [3.8, 4) is 0 Å². The summed E-state index contributed by atoms with van der Waals surface area (Å²) in [5, 5.41) is 6.93. The van der Waals surface area contributed by atoms with Crippen LogP contribution in [0.25, 0.3) is 0 Å². The molecule has 0 atom stereocenters. The molecule has 1 heterocycles. The number of carbonyl (C=O) groups is 1. The van der Waals surface area contributed by atoms with Crippen molar-refractivity contribution >= 4 is 23.9 Å². The molecule has 3 N–H and O–H groups in total. The molecular formula is C19H19N5O2. The van der Waals surface area contributed by atoms with E-state index in [1.165, 1.54) is 4.68 Å². The lowest BCUT2D eigenvalue weighted by molar-refractivity contribution is 0.155. The largest absolute Gasteiger partial charge is 0.444 e. The molecule has 0 bridgehead atoms. The molecule has 1 amide bonds. The van der Waals surface area contributed by atoms with Crippen LogP contribution >= 0.6 is 0 Å². The number of nitrogens with two attached hydrogens (primary N) is 1. The second-order valence-electron chi connectivity index (χ2n) is 5.64. The first-order valence-electron chi connectivity index (χ1n) is 8.04. The molecule has 7 nitrogen and oxygen atoms in total. The van der Waals surface area contributed by atoms with Crippen LogP contribution in [0.5, 0.6) is 0 Å². The maximum atomic E-state index is 11.8. The smallest absolute Gasteiger partial charge is 0.411 e. The highest BCUT2D eigenvalue weighted by molar-refractivity contribution is 5.86. The molecule has 0 radical (unpaired) electrons. The molecule has 0 saturated carbocycles. The van der Waals surface area contributed by atoms with E-state index in [0.717, 1.165) is 16.8 Å². The third-order valence-corrected chi connectivity index (χ3v) is 3.54. The van der Waals surface area contributed by atoms with Gasteiger partial charge in [0.2, 0.25) is 5.95 Å². The maximum Gasteiger partial charge on any atom is 0.411 e. The van der Waals surface area contributed by atoms with Crippen molar-refractivity contribution in [1.29, 1.82) is 0 Å². The zero-order valence-electron chi connectivity index (χ0n) is 14.3. The second-order valence-corrected chi connectivity index (χ2v) is 5.64. The molecule has 0 aliphatic heterocycles. The lowest BCUT2D eigenvalue weighted by atomic mass is 10.2. The van der Waals surface area contributed by atoms with E-state index >= 15 is 0 Å². The Morgan fingerprint density at radius 1 is 1.23 bits per heavy atom. The molecule has 3 aromatic rings. The van der Waals surface area contributed by atoms with Crippen molar-refractivity contribution < 1.29 is 9.53 Å². The van der Waals surface area contributed by atoms with Gasteiger partial charge in [-0.1, -0.05) is 42.5 Å². The minimum absolute atomic E-state index is 0.225. The Morgan fingerprint density at radius 3 is 2.62 bits per heavy atom. The summed E-state index contributed by atoms with van der Waals surface area (Å²) in [5.74, 6) is 0.332. The molecule has 132 valence electrons. The third kappa shape index (κ3) is 4.70. The van der Waals surface area contributed by atoms with Gasteiger partial charge in [0.25, 0.3) is 0 Å². The van der Waals surface area contributed by atoms with Crippen LogP contribution in [0.2, 0.25) is 0 Å². The Labute approximate surface area is 151 Å². The second kappa shape index (κ2) is 7.98. The number of amides is 1. The number of aromatic nitrogens is 2. The fourth-order valence-corrected chi connectivity index (χ4v) is 2.25. The standard InChI is InChI=1S/C19H19N5O2/c1-14-12-24(18(20)22-14)21-11-15-7-9-17(10-8-15)23-19(25)26-13-16-5-3-2-4-6-16/h2-12H,13H2,1H3,(H2,20,22)(H,23,25). The molecule has 0 unspecified atom stereocenters. The fourth-order valence-electron chi connectivity index (χ4n) is 2.25. The van der Waals surface area contributed by atoms with E-state index in [9.17, 15) is 4.79 Å². The van der Waals surface area contributed by atoms with Crippen molar-refractivity contribution in [1.82, 2.24) is 9.66 Å². The Morgan fingerprint density at radius 2 is 1.96 bits per heavy atom. The molecule has 3 rings (SSSR count). The average Bonchev–Trinajstić information content (AvgIpc) is 2.97. The highest BCUT2D eigenvalue weighted by Gasteiger charge is 2.04. The van der Waals surface area contributed by atoms with Crippen molar-refractivity contribution in [2.45, 2.75) is 13.5 Å². The predicted molar refractivity (Wildman–Crippen MR) is 101 cm³/mol. The zero-order valence-corrected chi connectivity index (χ0v) is 14.3. The number of hydrogen-bond donors (Lipinski definition) is 2. The van der Waals surface area contributed by atoms with Gasteiger partial charge in [0.05, 0.1) is 18.1 Å². The lowest BCUT2D eigenvalue weighted by Gasteiger charge is -2.07. The van der Waals surface area contributed by atoms with E-state index in [4.69, 9.17) is 10.5 Å². The molecule has 1 aromatic heterocycles. The van der Waals surface area contributed by atoms with Crippen LogP contribution in [0, 0.1) is 6.92 Å². The number of imidazole rings is 1. The first kappa shape index (κ1) is 17.2. The summed E-state index contributed by atoms with van der Waals surface area (Å²) >= 11 is 0. The Kier molecular flexibility index (Phi) is 5.28. The highest BCUT2D eigenvalue weighted by Crippen LogP contribution is 2.10. The van der Waals surface area contributed by atoms with Gasteiger partial charge < -0.3 is 10.5 Å². The monoisotopic (exact) mass is 349 g/mol. The Hall–Kier alpha value is -3.61. The SMILES string of the molecule is Cc1cn(N=Cc2ccc(NC(=O)OCc3ccccc3)cc2)c(N)n1. The van der Waals surface area contributed by atoms with Gasteiger partial charge in [0, 0.05) is 5.69 Å². The molecular weight excluding hydrogens is 330 g/mol. The number of rotatable bonds is 5. The van der Waals surface area contributed by atoms with Crippen molar-refractivity contribution in [2.75, 3.05) is 11.1 Å². The Balaban J connectivity index is 1.54. The van der Waals surface area contributed by atoms with E-state index in [0.29, 0.717) is 11.6 Å². The van der Waals surface area contributed by atoms with Crippen LogP contribution < -0.4 is 11.1 Å². The number of anilines is 2. The van der Waals surface area contributed by atoms with Crippen LogP contribution in [-0.2, 0) is 11.3 Å². The average molecular weight is 349 g/mol.